The van der Waals surface area contributed by atoms with Gasteiger partial charge in [-0.2, -0.15) is 0 Å². The Bertz CT molecular complexity index is 614. The fourth-order valence-corrected chi connectivity index (χ4v) is 3.51. The van der Waals surface area contributed by atoms with E-state index in [-0.39, 0.29) is 0 Å². The van der Waals surface area contributed by atoms with Crippen molar-refractivity contribution in [1.82, 2.24) is 14.7 Å². The lowest BCUT2D eigenvalue weighted by Crippen LogP contribution is -2.31. The second kappa shape index (κ2) is 5.59. The van der Waals surface area contributed by atoms with E-state index in [1.54, 1.807) is 18.4 Å². The number of nitrogens with zero attached hydrogens (tertiary/aromatic N) is 3. The molecule has 2 aromatic rings. The monoisotopic (exact) mass is 306 g/mol. The first-order chi connectivity index (χ1) is 10.4. The van der Waals surface area contributed by atoms with Crippen molar-refractivity contribution < 1.29 is 4.74 Å². The van der Waals surface area contributed by atoms with Crippen LogP contribution < -0.4 is 10.2 Å². The van der Waals surface area contributed by atoms with E-state index in [1.165, 1.54) is 31.4 Å². The van der Waals surface area contributed by atoms with Crippen LogP contribution >= 0.6 is 11.3 Å². The Morgan fingerprint density at radius 1 is 1.43 bits per heavy atom. The SMILES string of the molecule is COCCN(c1nc2sccn2c1CNC1CC1)C1CC1. The van der Waals surface area contributed by atoms with Gasteiger partial charge in [-0.15, -0.1) is 11.3 Å². The van der Waals surface area contributed by atoms with E-state index < -0.39 is 0 Å². The fraction of sp³-hybridized carbons (Fsp3) is 0.667. The molecule has 0 saturated heterocycles. The van der Waals surface area contributed by atoms with Gasteiger partial charge in [0.25, 0.3) is 0 Å². The summed E-state index contributed by atoms with van der Waals surface area (Å²) in [5, 5.41) is 5.75. The topological polar surface area (TPSA) is 41.8 Å². The van der Waals surface area contributed by atoms with E-state index in [2.05, 4.69) is 26.2 Å². The molecule has 0 aromatic carbocycles. The number of nitrogens with one attached hydrogen (secondary N) is 1. The summed E-state index contributed by atoms with van der Waals surface area (Å²) in [4.78, 5) is 8.45. The smallest absolute Gasteiger partial charge is 0.195 e. The lowest BCUT2D eigenvalue weighted by Gasteiger charge is -2.23. The Morgan fingerprint density at radius 3 is 3.00 bits per heavy atom. The first-order valence-corrected chi connectivity index (χ1v) is 8.68. The number of rotatable bonds is 8. The molecule has 2 saturated carbocycles. The van der Waals surface area contributed by atoms with Crippen LogP contribution in [0.1, 0.15) is 31.4 Å². The van der Waals surface area contributed by atoms with Gasteiger partial charge < -0.3 is 15.0 Å². The zero-order chi connectivity index (χ0) is 14.2. The molecule has 0 radical (unpaired) electrons. The van der Waals surface area contributed by atoms with E-state index in [4.69, 9.17) is 9.72 Å². The third-order valence-electron chi connectivity index (χ3n) is 4.27. The lowest BCUT2D eigenvalue weighted by molar-refractivity contribution is 0.204. The summed E-state index contributed by atoms with van der Waals surface area (Å²) >= 11 is 1.71. The molecule has 0 aliphatic heterocycles. The molecule has 0 amide bonds. The molecule has 2 aromatic heterocycles. The molecule has 0 spiro atoms. The Morgan fingerprint density at radius 2 is 2.29 bits per heavy atom. The maximum Gasteiger partial charge on any atom is 0.195 e. The van der Waals surface area contributed by atoms with Crippen LogP contribution in [0.4, 0.5) is 5.82 Å². The van der Waals surface area contributed by atoms with Gasteiger partial charge in [-0.1, -0.05) is 0 Å². The number of hydrogen-bond donors (Lipinski definition) is 1. The van der Waals surface area contributed by atoms with E-state index in [1.807, 2.05) is 0 Å². The quantitative estimate of drug-likeness (QED) is 0.812. The summed E-state index contributed by atoms with van der Waals surface area (Å²) in [6.45, 7) is 2.60. The Labute approximate surface area is 128 Å². The molecular formula is C15H22N4OS. The predicted octanol–water partition coefficient (Wildman–Crippen LogP) is 2.26. The van der Waals surface area contributed by atoms with Crippen LogP contribution in [0, 0.1) is 0 Å². The van der Waals surface area contributed by atoms with Gasteiger partial charge in [0.2, 0.25) is 0 Å². The van der Waals surface area contributed by atoms with Crippen LogP contribution in [0.5, 0.6) is 0 Å². The zero-order valence-electron chi connectivity index (χ0n) is 12.4. The first kappa shape index (κ1) is 13.5. The van der Waals surface area contributed by atoms with Crippen molar-refractivity contribution in [3.05, 3.63) is 17.3 Å². The van der Waals surface area contributed by atoms with Gasteiger partial charge in [0, 0.05) is 43.9 Å². The molecule has 0 atom stereocenters. The molecule has 114 valence electrons. The molecule has 2 heterocycles. The molecule has 0 unspecified atom stereocenters. The fourth-order valence-electron chi connectivity index (χ4n) is 2.78. The van der Waals surface area contributed by atoms with Gasteiger partial charge in [0.15, 0.2) is 10.8 Å². The largest absolute Gasteiger partial charge is 0.383 e. The minimum Gasteiger partial charge on any atom is -0.383 e. The number of fused-ring (bicyclic) bond motifs is 1. The minimum atomic E-state index is 0.657. The Hall–Kier alpha value is -1.11. The predicted molar refractivity (Wildman–Crippen MR) is 85.2 cm³/mol. The molecule has 2 aliphatic carbocycles. The van der Waals surface area contributed by atoms with Crippen molar-refractivity contribution in [2.75, 3.05) is 25.2 Å². The molecule has 1 N–H and O–H groups in total. The van der Waals surface area contributed by atoms with Gasteiger partial charge in [0.05, 0.1) is 12.3 Å². The standard InChI is InChI=1S/C15H22N4OS/c1-20-8-6-18(12-4-5-12)14-13(10-16-11-2-3-11)19-7-9-21-15(19)17-14/h7,9,11-12,16H,2-6,8,10H2,1H3. The average molecular weight is 306 g/mol. The van der Waals surface area contributed by atoms with Crippen LogP contribution in [-0.2, 0) is 11.3 Å². The normalized spacial score (nSPS) is 18.5. The number of ether oxygens (including phenoxy) is 1. The van der Waals surface area contributed by atoms with Crippen molar-refractivity contribution in [1.29, 1.82) is 0 Å². The second-order valence-corrected chi connectivity index (χ2v) is 6.88. The molecule has 4 rings (SSSR count). The molecule has 2 aliphatic rings. The van der Waals surface area contributed by atoms with Gasteiger partial charge >= 0.3 is 0 Å². The third-order valence-corrected chi connectivity index (χ3v) is 5.03. The van der Waals surface area contributed by atoms with E-state index >= 15 is 0 Å². The van der Waals surface area contributed by atoms with Gasteiger partial charge in [-0.3, -0.25) is 4.40 Å². The highest BCUT2D eigenvalue weighted by atomic mass is 32.1. The van der Waals surface area contributed by atoms with Crippen LogP contribution in [0.15, 0.2) is 11.6 Å². The maximum absolute atomic E-state index is 5.29. The number of imidazole rings is 1. The number of thiazole rings is 1. The van der Waals surface area contributed by atoms with Crippen LogP contribution in [0.25, 0.3) is 4.96 Å². The second-order valence-electron chi connectivity index (χ2n) is 6.01. The highest BCUT2D eigenvalue weighted by Gasteiger charge is 2.33. The van der Waals surface area contributed by atoms with E-state index in [9.17, 15) is 0 Å². The summed E-state index contributed by atoms with van der Waals surface area (Å²) in [5.41, 5.74) is 1.31. The highest BCUT2D eigenvalue weighted by Crippen LogP contribution is 2.34. The third kappa shape index (κ3) is 2.80. The molecule has 5 nitrogen and oxygen atoms in total. The maximum atomic E-state index is 5.29. The van der Waals surface area contributed by atoms with Crippen molar-refractivity contribution in [2.45, 2.75) is 44.3 Å². The molecule has 21 heavy (non-hydrogen) atoms. The molecular weight excluding hydrogens is 284 g/mol. The minimum absolute atomic E-state index is 0.657. The van der Waals surface area contributed by atoms with Crippen molar-refractivity contribution in [2.24, 2.45) is 0 Å². The number of hydrogen-bond acceptors (Lipinski definition) is 5. The van der Waals surface area contributed by atoms with E-state index in [0.717, 1.165) is 36.5 Å². The summed E-state index contributed by atoms with van der Waals surface area (Å²) < 4.78 is 7.53. The Balaban J connectivity index is 1.63. The number of anilines is 1. The molecule has 0 bridgehead atoms. The molecule has 6 heteroatoms. The number of methoxy groups -OCH3 is 1. The summed E-state index contributed by atoms with van der Waals surface area (Å²) in [6, 6.07) is 1.37. The summed E-state index contributed by atoms with van der Waals surface area (Å²) in [6.07, 6.45) is 7.34. The van der Waals surface area contributed by atoms with Crippen LogP contribution in [0.2, 0.25) is 0 Å². The van der Waals surface area contributed by atoms with Crippen molar-refractivity contribution in [3.63, 3.8) is 0 Å². The highest BCUT2D eigenvalue weighted by molar-refractivity contribution is 7.15. The van der Waals surface area contributed by atoms with Gasteiger partial charge in [0.1, 0.15) is 0 Å². The van der Waals surface area contributed by atoms with E-state index in [0.29, 0.717) is 6.04 Å². The lowest BCUT2D eigenvalue weighted by atomic mass is 10.3. The summed E-state index contributed by atoms with van der Waals surface area (Å²) in [5.74, 6) is 1.16. The first-order valence-electron chi connectivity index (χ1n) is 7.80. The van der Waals surface area contributed by atoms with Crippen molar-refractivity contribution in [3.8, 4) is 0 Å². The molecule has 2 fully saturated rings. The summed E-state index contributed by atoms with van der Waals surface area (Å²) in [7, 11) is 1.77. The number of aromatic nitrogens is 2. The average Bonchev–Trinajstić information content (AvgIpc) is 3.39. The van der Waals surface area contributed by atoms with Gasteiger partial charge in [-0.05, 0) is 25.7 Å². The van der Waals surface area contributed by atoms with Crippen LogP contribution in [-0.4, -0.2) is 41.7 Å². The van der Waals surface area contributed by atoms with Gasteiger partial charge in [-0.25, -0.2) is 4.98 Å². The zero-order valence-corrected chi connectivity index (χ0v) is 13.2. The van der Waals surface area contributed by atoms with Crippen molar-refractivity contribution >= 4 is 22.1 Å². The Kier molecular flexibility index (Phi) is 3.61. The van der Waals surface area contributed by atoms with Crippen LogP contribution in [0.3, 0.4) is 0 Å².